The van der Waals surface area contributed by atoms with Crippen LogP contribution >= 0.6 is 0 Å². The third kappa shape index (κ3) is 4.21. The molecule has 1 aromatic heterocycles. The van der Waals surface area contributed by atoms with Crippen LogP contribution in [0.3, 0.4) is 0 Å². The quantitative estimate of drug-likeness (QED) is 0.823. The number of hydrogen-bond acceptors (Lipinski definition) is 5. The molecule has 0 unspecified atom stereocenters. The number of esters is 1. The van der Waals surface area contributed by atoms with Crippen molar-refractivity contribution in [1.29, 1.82) is 0 Å². The molecule has 0 atom stereocenters. The summed E-state index contributed by atoms with van der Waals surface area (Å²) in [5, 5.41) is 9.89. The smallest absolute Gasteiger partial charge is 0.339 e. The van der Waals surface area contributed by atoms with Crippen LogP contribution in [-0.2, 0) is 4.74 Å². The van der Waals surface area contributed by atoms with E-state index in [2.05, 4.69) is 4.98 Å². The number of aliphatic hydroxyl groups is 1. The molecular weight excluding hydrogens is 244 g/mol. The molecule has 19 heavy (non-hydrogen) atoms. The fourth-order valence-corrected chi connectivity index (χ4v) is 1.87. The second kappa shape index (κ2) is 6.02. The molecule has 1 N–H and O–H groups in total. The van der Waals surface area contributed by atoms with Crippen LogP contribution in [-0.4, -0.2) is 41.9 Å². The fraction of sp³-hybridized carbons (Fsp3) is 0.571. The summed E-state index contributed by atoms with van der Waals surface area (Å²) in [4.78, 5) is 17.9. The molecular formula is C14H22N2O3. The Bertz CT molecular complexity index is 452. The number of carbonyl (C=O) groups is 1. The monoisotopic (exact) mass is 266 g/mol. The lowest BCUT2D eigenvalue weighted by molar-refractivity contribution is 0.0599. The largest absolute Gasteiger partial charge is 0.465 e. The van der Waals surface area contributed by atoms with Crippen LogP contribution in [0.5, 0.6) is 0 Å². The fourth-order valence-electron chi connectivity index (χ4n) is 1.87. The minimum atomic E-state index is -0.799. The van der Waals surface area contributed by atoms with E-state index in [-0.39, 0.29) is 5.97 Å². The van der Waals surface area contributed by atoms with Gasteiger partial charge in [0.2, 0.25) is 0 Å². The molecule has 0 saturated carbocycles. The van der Waals surface area contributed by atoms with Crippen LogP contribution in [0.2, 0.25) is 0 Å². The van der Waals surface area contributed by atoms with Crippen LogP contribution in [0.15, 0.2) is 12.1 Å². The second-order valence-corrected chi connectivity index (χ2v) is 5.12. The van der Waals surface area contributed by atoms with Gasteiger partial charge in [-0.3, -0.25) is 0 Å². The molecule has 1 rings (SSSR count). The average molecular weight is 266 g/mol. The van der Waals surface area contributed by atoms with Crippen LogP contribution in [0, 0.1) is 6.92 Å². The second-order valence-electron chi connectivity index (χ2n) is 5.12. The van der Waals surface area contributed by atoms with Gasteiger partial charge in [-0.15, -0.1) is 0 Å². The highest BCUT2D eigenvalue weighted by Crippen LogP contribution is 2.17. The van der Waals surface area contributed by atoms with E-state index in [0.717, 1.165) is 12.4 Å². The number of pyridine rings is 1. The van der Waals surface area contributed by atoms with E-state index < -0.39 is 5.60 Å². The summed E-state index contributed by atoms with van der Waals surface area (Å²) in [5.74, 6) is 0.358. The van der Waals surface area contributed by atoms with Gasteiger partial charge in [-0.2, -0.15) is 0 Å². The molecule has 106 valence electrons. The molecule has 0 aromatic carbocycles. The normalized spacial score (nSPS) is 11.3. The summed E-state index contributed by atoms with van der Waals surface area (Å²) in [6, 6.07) is 3.48. The Balaban J connectivity index is 3.01. The van der Waals surface area contributed by atoms with Crippen molar-refractivity contribution in [2.24, 2.45) is 0 Å². The minimum Gasteiger partial charge on any atom is -0.465 e. The molecule has 5 nitrogen and oxygen atoms in total. The van der Waals surface area contributed by atoms with Crippen molar-refractivity contribution in [3.63, 3.8) is 0 Å². The third-order valence-corrected chi connectivity index (χ3v) is 2.76. The Labute approximate surface area is 114 Å². The van der Waals surface area contributed by atoms with E-state index in [9.17, 15) is 9.90 Å². The Morgan fingerprint density at radius 2 is 2.11 bits per heavy atom. The van der Waals surface area contributed by atoms with E-state index in [1.54, 1.807) is 32.9 Å². The maximum Gasteiger partial charge on any atom is 0.339 e. The van der Waals surface area contributed by atoms with Gasteiger partial charge >= 0.3 is 5.97 Å². The topological polar surface area (TPSA) is 62.7 Å². The predicted octanol–water partition coefficient (Wildman–Crippen LogP) is 1.77. The van der Waals surface area contributed by atoms with E-state index in [1.165, 1.54) is 7.11 Å². The molecule has 0 radical (unpaired) electrons. The van der Waals surface area contributed by atoms with Gasteiger partial charge in [0.05, 0.1) is 24.0 Å². The molecule has 0 amide bonds. The first-order valence-corrected chi connectivity index (χ1v) is 6.31. The first kappa shape index (κ1) is 15.4. The number of methoxy groups -OCH3 is 1. The maximum absolute atomic E-state index is 11.5. The number of carbonyl (C=O) groups excluding carboxylic acids is 1. The first-order chi connectivity index (χ1) is 8.78. The van der Waals surface area contributed by atoms with Gasteiger partial charge in [0, 0.05) is 13.1 Å². The Morgan fingerprint density at radius 1 is 1.47 bits per heavy atom. The zero-order valence-corrected chi connectivity index (χ0v) is 12.2. The van der Waals surface area contributed by atoms with E-state index in [4.69, 9.17) is 4.74 Å². The van der Waals surface area contributed by atoms with Gasteiger partial charge in [-0.25, -0.2) is 9.78 Å². The summed E-state index contributed by atoms with van der Waals surface area (Å²) in [5.41, 5.74) is 0.288. The zero-order valence-electron chi connectivity index (χ0n) is 12.2. The maximum atomic E-state index is 11.5. The van der Waals surface area contributed by atoms with E-state index in [1.807, 2.05) is 11.8 Å². The third-order valence-electron chi connectivity index (χ3n) is 2.76. The average Bonchev–Trinajstić information content (AvgIpc) is 2.33. The standard InChI is InChI=1S/C14H22N2O3/c1-6-16(9-14(3,4)18)12-8-7-11(10(2)15-12)13(17)19-5/h7-8,18H,6,9H2,1-5H3. The van der Waals surface area contributed by atoms with Crippen molar-refractivity contribution in [2.75, 3.05) is 25.1 Å². The minimum absolute atomic E-state index is 0.387. The van der Waals surface area contributed by atoms with Gasteiger partial charge in [-0.05, 0) is 39.8 Å². The highest BCUT2D eigenvalue weighted by molar-refractivity contribution is 5.90. The predicted molar refractivity (Wildman–Crippen MR) is 74.5 cm³/mol. The van der Waals surface area contributed by atoms with Crippen molar-refractivity contribution >= 4 is 11.8 Å². The SMILES string of the molecule is CCN(CC(C)(C)O)c1ccc(C(=O)OC)c(C)n1. The number of ether oxygens (including phenoxy) is 1. The highest BCUT2D eigenvalue weighted by Gasteiger charge is 2.19. The van der Waals surface area contributed by atoms with Gasteiger partial charge in [0.25, 0.3) is 0 Å². The number of nitrogens with zero attached hydrogens (tertiary/aromatic N) is 2. The number of anilines is 1. The molecule has 5 heteroatoms. The van der Waals surface area contributed by atoms with Crippen molar-refractivity contribution in [1.82, 2.24) is 4.98 Å². The van der Waals surface area contributed by atoms with Crippen LogP contribution < -0.4 is 4.90 Å². The Kier molecular flexibility index (Phi) is 4.89. The zero-order chi connectivity index (χ0) is 14.6. The van der Waals surface area contributed by atoms with E-state index >= 15 is 0 Å². The number of aromatic nitrogens is 1. The van der Waals surface area contributed by atoms with Crippen molar-refractivity contribution in [2.45, 2.75) is 33.3 Å². The summed E-state index contributed by atoms with van der Waals surface area (Å²) in [7, 11) is 1.35. The summed E-state index contributed by atoms with van der Waals surface area (Å²) in [6.45, 7) is 8.49. The molecule has 0 aliphatic carbocycles. The van der Waals surface area contributed by atoms with Crippen molar-refractivity contribution in [3.05, 3.63) is 23.4 Å². The molecule has 0 spiro atoms. The summed E-state index contributed by atoms with van der Waals surface area (Å²) < 4.78 is 4.69. The molecule has 1 aromatic rings. The van der Waals surface area contributed by atoms with Gasteiger partial charge in [-0.1, -0.05) is 0 Å². The van der Waals surface area contributed by atoms with E-state index in [0.29, 0.717) is 17.8 Å². The first-order valence-electron chi connectivity index (χ1n) is 6.31. The van der Waals surface area contributed by atoms with Crippen LogP contribution in [0.4, 0.5) is 5.82 Å². The van der Waals surface area contributed by atoms with Crippen LogP contribution in [0.1, 0.15) is 36.8 Å². The van der Waals surface area contributed by atoms with Gasteiger partial charge in [0.1, 0.15) is 5.82 Å². The van der Waals surface area contributed by atoms with Gasteiger partial charge < -0.3 is 14.7 Å². The number of hydrogen-bond donors (Lipinski definition) is 1. The molecule has 1 heterocycles. The molecule has 0 saturated heterocycles. The molecule has 0 bridgehead atoms. The van der Waals surface area contributed by atoms with Crippen LogP contribution in [0.25, 0.3) is 0 Å². The van der Waals surface area contributed by atoms with Gasteiger partial charge in [0.15, 0.2) is 0 Å². The Morgan fingerprint density at radius 3 is 2.53 bits per heavy atom. The lowest BCUT2D eigenvalue weighted by Gasteiger charge is -2.29. The summed E-state index contributed by atoms with van der Waals surface area (Å²) >= 11 is 0. The number of likely N-dealkylation sites (N-methyl/N-ethyl adjacent to an activating group) is 1. The molecule has 0 fully saturated rings. The number of rotatable bonds is 5. The lowest BCUT2D eigenvalue weighted by Crippen LogP contribution is -2.39. The van der Waals surface area contributed by atoms with Crippen molar-refractivity contribution < 1.29 is 14.6 Å². The number of aryl methyl sites for hydroxylation is 1. The molecule has 0 aliphatic heterocycles. The molecule has 0 aliphatic rings. The highest BCUT2D eigenvalue weighted by atomic mass is 16.5. The van der Waals surface area contributed by atoms with Crippen molar-refractivity contribution in [3.8, 4) is 0 Å². The lowest BCUT2D eigenvalue weighted by atomic mass is 10.1. The summed E-state index contributed by atoms with van der Waals surface area (Å²) in [6.07, 6.45) is 0. The Hall–Kier alpha value is -1.62.